The molecular weight excluding hydrogens is 267 g/mol. The van der Waals surface area contributed by atoms with Crippen molar-refractivity contribution in [1.29, 1.82) is 0 Å². The predicted octanol–water partition coefficient (Wildman–Crippen LogP) is 3.37. The molecule has 0 radical (unpaired) electrons. The molecular formula is C18H17FO2. The van der Waals surface area contributed by atoms with E-state index < -0.39 is 0 Å². The highest BCUT2D eigenvalue weighted by atomic mass is 19.1. The molecule has 2 aromatic rings. The summed E-state index contributed by atoms with van der Waals surface area (Å²) in [5.41, 5.74) is 3.35. The fraction of sp³-hybridized carbons (Fsp3) is 0.222. The molecule has 0 aliphatic rings. The van der Waals surface area contributed by atoms with Crippen molar-refractivity contribution in [1.82, 2.24) is 0 Å². The first-order valence-corrected chi connectivity index (χ1v) is 6.68. The van der Waals surface area contributed by atoms with Crippen LogP contribution in [0.4, 0.5) is 4.39 Å². The van der Waals surface area contributed by atoms with E-state index in [1.165, 1.54) is 11.6 Å². The van der Waals surface area contributed by atoms with Gasteiger partial charge in [-0.05, 0) is 49.2 Å². The van der Waals surface area contributed by atoms with E-state index in [1.807, 2.05) is 32.0 Å². The minimum absolute atomic E-state index is 0.169. The second-order valence-electron chi connectivity index (χ2n) is 4.80. The van der Waals surface area contributed by atoms with E-state index in [9.17, 15) is 4.39 Å². The van der Waals surface area contributed by atoms with Gasteiger partial charge in [0, 0.05) is 11.1 Å². The molecule has 0 aliphatic carbocycles. The van der Waals surface area contributed by atoms with Gasteiger partial charge in [0.15, 0.2) is 0 Å². The summed E-state index contributed by atoms with van der Waals surface area (Å²) in [5.74, 6) is 5.52. The minimum atomic E-state index is -0.358. The maximum Gasteiger partial charge on any atom is 0.131 e. The van der Waals surface area contributed by atoms with Crippen molar-refractivity contribution in [2.45, 2.75) is 20.5 Å². The average Bonchev–Trinajstić information content (AvgIpc) is 2.47. The van der Waals surface area contributed by atoms with Gasteiger partial charge in [0.25, 0.3) is 0 Å². The number of halogens is 1. The van der Waals surface area contributed by atoms with Crippen LogP contribution in [0.25, 0.3) is 0 Å². The van der Waals surface area contributed by atoms with Gasteiger partial charge in [-0.3, -0.25) is 0 Å². The zero-order chi connectivity index (χ0) is 15.2. The maximum absolute atomic E-state index is 13.9. The number of benzene rings is 2. The molecule has 2 aromatic carbocycles. The Bertz CT molecular complexity index is 696. The highest BCUT2D eigenvalue weighted by molar-refractivity contribution is 5.37. The van der Waals surface area contributed by atoms with Crippen molar-refractivity contribution in [3.63, 3.8) is 0 Å². The summed E-state index contributed by atoms with van der Waals surface area (Å²) in [6.07, 6.45) is 0. The molecule has 0 unspecified atom stereocenters. The number of ether oxygens (including phenoxy) is 1. The molecule has 0 spiro atoms. The van der Waals surface area contributed by atoms with Gasteiger partial charge in [0.1, 0.15) is 24.8 Å². The molecule has 0 fully saturated rings. The van der Waals surface area contributed by atoms with Crippen molar-refractivity contribution < 1.29 is 14.2 Å². The first-order chi connectivity index (χ1) is 10.1. The van der Waals surface area contributed by atoms with E-state index in [0.29, 0.717) is 11.1 Å². The third-order valence-electron chi connectivity index (χ3n) is 3.24. The molecule has 0 aromatic heterocycles. The molecule has 1 N–H and O–H groups in total. The van der Waals surface area contributed by atoms with Gasteiger partial charge in [-0.1, -0.05) is 24.0 Å². The van der Waals surface area contributed by atoms with Crippen molar-refractivity contribution >= 4 is 0 Å². The van der Waals surface area contributed by atoms with Crippen LogP contribution in [0.3, 0.4) is 0 Å². The Morgan fingerprint density at radius 1 is 1.10 bits per heavy atom. The van der Waals surface area contributed by atoms with E-state index in [4.69, 9.17) is 9.84 Å². The van der Waals surface area contributed by atoms with Crippen molar-refractivity contribution in [2.75, 3.05) is 6.61 Å². The molecule has 108 valence electrons. The minimum Gasteiger partial charge on any atom is -0.489 e. The Labute approximate surface area is 124 Å². The number of rotatable bonds is 3. The monoisotopic (exact) mass is 284 g/mol. The van der Waals surface area contributed by atoms with Crippen LogP contribution in [0.1, 0.15) is 22.3 Å². The second kappa shape index (κ2) is 6.92. The third kappa shape index (κ3) is 4.08. The van der Waals surface area contributed by atoms with Crippen LogP contribution >= 0.6 is 0 Å². The quantitative estimate of drug-likeness (QED) is 0.876. The lowest BCUT2D eigenvalue weighted by Crippen LogP contribution is -1.99. The summed E-state index contributed by atoms with van der Waals surface area (Å²) in [5, 5.41) is 8.62. The highest BCUT2D eigenvalue weighted by Crippen LogP contribution is 2.19. The Hall–Kier alpha value is -2.31. The molecule has 0 amide bonds. The molecule has 0 bridgehead atoms. The molecule has 0 aliphatic heterocycles. The summed E-state index contributed by atoms with van der Waals surface area (Å²) >= 11 is 0. The van der Waals surface area contributed by atoms with Gasteiger partial charge in [-0.2, -0.15) is 0 Å². The Kier molecular flexibility index (Phi) is 4.97. The van der Waals surface area contributed by atoms with Crippen LogP contribution in [0.15, 0.2) is 36.4 Å². The standard InChI is InChI=1S/C18H17FO2/c1-13-5-8-17(10-14(13)2)21-12-16-7-6-15(4-3-9-20)11-18(16)19/h5-8,10-11,20H,9,12H2,1-2H3. The molecule has 0 saturated heterocycles. The van der Waals surface area contributed by atoms with E-state index in [2.05, 4.69) is 11.8 Å². The summed E-state index contributed by atoms with van der Waals surface area (Å²) in [7, 11) is 0. The van der Waals surface area contributed by atoms with Crippen LogP contribution in [0.2, 0.25) is 0 Å². The Morgan fingerprint density at radius 3 is 2.57 bits per heavy atom. The fourth-order valence-electron chi connectivity index (χ4n) is 1.85. The second-order valence-corrected chi connectivity index (χ2v) is 4.80. The lowest BCUT2D eigenvalue weighted by Gasteiger charge is -2.09. The van der Waals surface area contributed by atoms with E-state index in [0.717, 1.165) is 11.3 Å². The van der Waals surface area contributed by atoms with Gasteiger partial charge in [-0.15, -0.1) is 0 Å². The van der Waals surface area contributed by atoms with Crippen molar-refractivity contribution in [3.05, 3.63) is 64.5 Å². The van der Waals surface area contributed by atoms with Crippen LogP contribution in [-0.2, 0) is 6.61 Å². The smallest absolute Gasteiger partial charge is 0.131 e. The van der Waals surface area contributed by atoms with Gasteiger partial charge in [0.05, 0.1) is 0 Å². The van der Waals surface area contributed by atoms with Gasteiger partial charge in [-0.25, -0.2) is 4.39 Å². The lowest BCUT2D eigenvalue weighted by molar-refractivity contribution is 0.299. The predicted molar refractivity (Wildman–Crippen MR) is 80.6 cm³/mol. The van der Waals surface area contributed by atoms with Crippen molar-refractivity contribution in [2.24, 2.45) is 0 Å². The number of hydrogen-bond donors (Lipinski definition) is 1. The van der Waals surface area contributed by atoms with Crippen LogP contribution in [-0.4, -0.2) is 11.7 Å². The average molecular weight is 284 g/mol. The first kappa shape index (κ1) is 15.1. The number of aliphatic hydroxyl groups is 1. The van der Waals surface area contributed by atoms with Crippen LogP contribution < -0.4 is 4.74 Å². The number of hydrogen-bond acceptors (Lipinski definition) is 2. The largest absolute Gasteiger partial charge is 0.489 e. The van der Waals surface area contributed by atoms with E-state index in [1.54, 1.807) is 12.1 Å². The summed E-state index contributed by atoms with van der Waals surface area (Å²) < 4.78 is 19.5. The van der Waals surface area contributed by atoms with Gasteiger partial charge < -0.3 is 9.84 Å². The summed E-state index contributed by atoms with van der Waals surface area (Å²) in [6.45, 7) is 3.98. The van der Waals surface area contributed by atoms with Crippen molar-refractivity contribution in [3.8, 4) is 17.6 Å². The molecule has 0 saturated carbocycles. The normalized spacial score (nSPS) is 9.90. The fourth-order valence-corrected chi connectivity index (χ4v) is 1.85. The molecule has 2 nitrogen and oxygen atoms in total. The topological polar surface area (TPSA) is 29.5 Å². The van der Waals surface area contributed by atoms with E-state index >= 15 is 0 Å². The maximum atomic E-state index is 13.9. The molecule has 3 heteroatoms. The molecule has 0 atom stereocenters. The van der Waals surface area contributed by atoms with E-state index in [-0.39, 0.29) is 19.0 Å². The zero-order valence-electron chi connectivity index (χ0n) is 12.1. The van der Waals surface area contributed by atoms with Gasteiger partial charge in [0.2, 0.25) is 0 Å². The van der Waals surface area contributed by atoms with Crippen LogP contribution in [0, 0.1) is 31.5 Å². The molecule has 2 rings (SSSR count). The van der Waals surface area contributed by atoms with Crippen LogP contribution in [0.5, 0.6) is 5.75 Å². The summed E-state index contributed by atoms with van der Waals surface area (Å²) in [6, 6.07) is 10.5. The molecule has 0 heterocycles. The highest BCUT2D eigenvalue weighted by Gasteiger charge is 2.04. The first-order valence-electron chi connectivity index (χ1n) is 6.68. The lowest BCUT2D eigenvalue weighted by atomic mass is 10.1. The summed E-state index contributed by atoms with van der Waals surface area (Å²) in [4.78, 5) is 0. The Morgan fingerprint density at radius 2 is 1.90 bits per heavy atom. The van der Waals surface area contributed by atoms with Gasteiger partial charge >= 0.3 is 0 Å². The zero-order valence-corrected chi connectivity index (χ0v) is 12.1. The SMILES string of the molecule is Cc1ccc(OCc2ccc(C#CCO)cc2F)cc1C. The number of aliphatic hydroxyl groups excluding tert-OH is 1. The number of aryl methyl sites for hydroxylation is 2. The third-order valence-corrected chi connectivity index (χ3v) is 3.24. The molecule has 21 heavy (non-hydrogen) atoms. The Balaban J connectivity index is 2.07.